The van der Waals surface area contributed by atoms with Gasteiger partial charge in [0.1, 0.15) is 12.9 Å². The SMILES string of the molecule is CO/N=C(/C(=O)OC)C1=C(C(=O)c2ccc(F)cc2)CC(C)=C(C)C1. The zero-order valence-electron chi connectivity index (χ0n) is 14.7. The Balaban J connectivity index is 2.56. The number of hydrogen-bond donors (Lipinski definition) is 0. The minimum Gasteiger partial charge on any atom is -0.464 e. The van der Waals surface area contributed by atoms with Crippen molar-refractivity contribution in [3.63, 3.8) is 0 Å². The predicted octanol–water partition coefficient (Wildman–Crippen LogP) is 3.61. The van der Waals surface area contributed by atoms with E-state index in [4.69, 9.17) is 9.57 Å². The fraction of sp³-hybridized carbons (Fsp3) is 0.316. The number of ether oxygens (including phenoxy) is 1. The number of allylic oxidation sites excluding steroid dienone is 3. The van der Waals surface area contributed by atoms with E-state index in [-0.39, 0.29) is 11.5 Å². The molecule has 0 amide bonds. The highest BCUT2D eigenvalue weighted by Gasteiger charge is 2.29. The van der Waals surface area contributed by atoms with Gasteiger partial charge < -0.3 is 9.57 Å². The van der Waals surface area contributed by atoms with Crippen LogP contribution in [0.15, 0.2) is 51.7 Å². The molecule has 0 bridgehead atoms. The summed E-state index contributed by atoms with van der Waals surface area (Å²) in [5, 5.41) is 3.77. The van der Waals surface area contributed by atoms with Gasteiger partial charge in [0.05, 0.1) is 7.11 Å². The Morgan fingerprint density at radius 1 is 1.00 bits per heavy atom. The fourth-order valence-electron chi connectivity index (χ4n) is 2.67. The summed E-state index contributed by atoms with van der Waals surface area (Å²) in [7, 11) is 2.56. The third-order valence-corrected chi connectivity index (χ3v) is 4.20. The Hall–Kier alpha value is -2.76. The summed E-state index contributed by atoms with van der Waals surface area (Å²) in [5.74, 6) is -1.36. The highest BCUT2D eigenvalue weighted by Crippen LogP contribution is 2.33. The van der Waals surface area contributed by atoms with Gasteiger partial charge in [0.2, 0.25) is 0 Å². The van der Waals surface area contributed by atoms with Gasteiger partial charge in [-0.15, -0.1) is 0 Å². The van der Waals surface area contributed by atoms with Crippen LogP contribution in [0.4, 0.5) is 4.39 Å². The normalized spacial score (nSPS) is 15.3. The third-order valence-electron chi connectivity index (χ3n) is 4.20. The van der Waals surface area contributed by atoms with Crippen molar-refractivity contribution < 1.29 is 23.6 Å². The first kappa shape index (κ1) is 18.6. The highest BCUT2D eigenvalue weighted by molar-refractivity contribution is 6.44. The van der Waals surface area contributed by atoms with Crippen molar-refractivity contribution in [3.8, 4) is 0 Å². The van der Waals surface area contributed by atoms with Crippen molar-refractivity contribution in [2.45, 2.75) is 26.7 Å². The van der Waals surface area contributed by atoms with Gasteiger partial charge in [0.25, 0.3) is 0 Å². The molecule has 1 aliphatic rings. The van der Waals surface area contributed by atoms with Gasteiger partial charge in [0, 0.05) is 16.7 Å². The molecule has 1 aliphatic carbocycles. The van der Waals surface area contributed by atoms with Crippen LogP contribution in [0.5, 0.6) is 0 Å². The highest BCUT2D eigenvalue weighted by atomic mass is 19.1. The fourth-order valence-corrected chi connectivity index (χ4v) is 2.67. The standard InChI is InChI=1S/C19H20FNO4/c1-11-9-15(17(21-25-4)19(23)24-3)16(10-12(11)2)18(22)13-5-7-14(20)8-6-13/h5-8H,9-10H2,1-4H3/b21-17+. The van der Waals surface area contributed by atoms with Crippen molar-refractivity contribution in [1.82, 2.24) is 0 Å². The number of Topliss-reactive ketones (excluding diaryl/α,β-unsaturated/α-hetero) is 1. The van der Waals surface area contributed by atoms with Crippen LogP contribution in [0.2, 0.25) is 0 Å². The van der Waals surface area contributed by atoms with E-state index < -0.39 is 11.8 Å². The van der Waals surface area contributed by atoms with Gasteiger partial charge in [-0.1, -0.05) is 16.3 Å². The maximum absolute atomic E-state index is 13.1. The monoisotopic (exact) mass is 345 g/mol. The Labute approximate surface area is 145 Å². The van der Waals surface area contributed by atoms with E-state index in [1.807, 2.05) is 13.8 Å². The van der Waals surface area contributed by atoms with Crippen LogP contribution in [0.25, 0.3) is 0 Å². The number of esters is 1. The summed E-state index contributed by atoms with van der Waals surface area (Å²) >= 11 is 0. The van der Waals surface area contributed by atoms with Gasteiger partial charge >= 0.3 is 5.97 Å². The summed E-state index contributed by atoms with van der Waals surface area (Å²) in [5.41, 5.74) is 3.35. The molecule has 0 saturated heterocycles. The second-order valence-electron chi connectivity index (χ2n) is 5.82. The van der Waals surface area contributed by atoms with E-state index in [1.54, 1.807) is 0 Å². The molecule has 5 nitrogen and oxygen atoms in total. The van der Waals surface area contributed by atoms with Gasteiger partial charge in [-0.05, 0) is 51.0 Å². The Morgan fingerprint density at radius 3 is 2.08 bits per heavy atom. The molecule has 1 aromatic carbocycles. The van der Waals surface area contributed by atoms with E-state index in [9.17, 15) is 14.0 Å². The van der Waals surface area contributed by atoms with Gasteiger partial charge in [-0.3, -0.25) is 4.79 Å². The molecule has 0 fully saturated rings. The van der Waals surface area contributed by atoms with Crippen LogP contribution in [0.1, 0.15) is 37.0 Å². The number of carbonyl (C=O) groups excluding carboxylic acids is 2. The van der Waals surface area contributed by atoms with Gasteiger partial charge in [0.15, 0.2) is 11.5 Å². The third kappa shape index (κ3) is 4.02. The lowest BCUT2D eigenvalue weighted by molar-refractivity contribution is -0.132. The van der Waals surface area contributed by atoms with Crippen LogP contribution < -0.4 is 0 Å². The van der Waals surface area contributed by atoms with Crippen molar-refractivity contribution in [1.29, 1.82) is 0 Å². The van der Waals surface area contributed by atoms with Crippen LogP contribution in [0.3, 0.4) is 0 Å². The Bertz CT molecular complexity index is 788. The summed E-state index contributed by atoms with van der Waals surface area (Å²) in [6.07, 6.45) is 0.780. The lowest BCUT2D eigenvalue weighted by Crippen LogP contribution is -2.24. The number of nitrogens with zero attached hydrogens (tertiary/aromatic N) is 1. The number of hydrogen-bond acceptors (Lipinski definition) is 5. The first-order valence-corrected chi connectivity index (χ1v) is 7.76. The van der Waals surface area contributed by atoms with Crippen LogP contribution in [-0.4, -0.2) is 31.7 Å². The average Bonchev–Trinajstić information content (AvgIpc) is 2.61. The zero-order chi connectivity index (χ0) is 18.6. The molecule has 0 saturated carbocycles. The van der Waals surface area contributed by atoms with Gasteiger partial charge in [-0.25, -0.2) is 9.18 Å². The molecule has 25 heavy (non-hydrogen) atoms. The van der Waals surface area contributed by atoms with Crippen molar-refractivity contribution in [3.05, 3.63) is 57.9 Å². The van der Waals surface area contributed by atoms with E-state index >= 15 is 0 Å². The molecule has 0 atom stereocenters. The molecule has 0 spiro atoms. The predicted molar refractivity (Wildman–Crippen MR) is 91.8 cm³/mol. The second-order valence-corrected chi connectivity index (χ2v) is 5.82. The Kier molecular flexibility index (Phi) is 5.85. The minimum atomic E-state index is -0.673. The topological polar surface area (TPSA) is 65.0 Å². The quantitative estimate of drug-likeness (QED) is 0.269. The molecular formula is C19H20FNO4. The number of benzene rings is 1. The molecule has 0 heterocycles. The largest absolute Gasteiger partial charge is 0.464 e. The van der Waals surface area contributed by atoms with Crippen molar-refractivity contribution >= 4 is 17.5 Å². The number of carbonyl (C=O) groups is 2. The smallest absolute Gasteiger partial charge is 0.360 e. The summed E-state index contributed by atoms with van der Waals surface area (Å²) in [6.45, 7) is 3.88. The minimum absolute atomic E-state index is 0.0256. The molecular weight excluding hydrogens is 325 g/mol. The molecule has 0 unspecified atom stereocenters. The first-order valence-electron chi connectivity index (χ1n) is 7.76. The van der Waals surface area contributed by atoms with E-state index in [2.05, 4.69) is 5.16 Å². The van der Waals surface area contributed by atoms with E-state index in [1.165, 1.54) is 38.5 Å². The summed E-state index contributed by atoms with van der Waals surface area (Å²) in [6, 6.07) is 5.31. The van der Waals surface area contributed by atoms with E-state index in [0.29, 0.717) is 29.6 Å². The number of ketones is 1. The number of methoxy groups -OCH3 is 1. The van der Waals surface area contributed by atoms with Gasteiger partial charge in [-0.2, -0.15) is 0 Å². The molecule has 132 valence electrons. The maximum atomic E-state index is 13.1. The Morgan fingerprint density at radius 2 is 1.56 bits per heavy atom. The molecule has 0 N–H and O–H groups in total. The van der Waals surface area contributed by atoms with E-state index in [0.717, 1.165) is 11.1 Å². The number of rotatable bonds is 5. The van der Waals surface area contributed by atoms with Crippen molar-refractivity contribution in [2.24, 2.45) is 5.16 Å². The molecule has 2 rings (SSSR count). The van der Waals surface area contributed by atoms with Crippen LogP contribution in [-0.2, 0) is 14.4 Å². The van der Waals surface area contributed by atoms with Crippen LogP contribution >= 0.6 is 0 Å². The van der Waals surface area contributed by atoms with Crippen molar-refractivity contribution in [2.75, 3.05) is 14.2 Å². The zero-order valence-corrected chi connectivity index (χ0v) is 14.7. The number of oxime groups is 1. The maximum Gasteiger partial charge on any atom is 0.360 e. The average molecular weight is 345 g/mol. The number of halogens is 1. The summed E-state index contributed by atoms with van der Waals surface area (Å²) in [4.78, 5) is 29.8. The molecule has 0 aromatic heterocycles. The first-order chi connectivity index (χ1) is 11.9. The molecule has 6 heteroatoms. The lowest BCUT2D eigenvalue weighted by atomic mass is 9.82. The summed E-state index contributed by atoms with van der Waals surface area (Å²) < 4.78 is 17.9. The lowest BCUT2D eigenvalue weighted by Gasteiger charge is -2.22. The molecule has 1 aromatic rings. The van der Waals surface area contributed by atoms with Crippen LogP contribution in [0, 0.1) is 5.82 Å². The second kappa shape index (κ2) is 7.88. The molecule has 0 aliphatic heterocycles. The molecule has 0 radical (unpaired) electrons.